The third kappa shape index (κ3) is 22.4. The van der Waals surface area contributed by atoms with Crippen LogP contribution in [0.2, 0.25) is 0 Å². The molecule has 0 fully saturated rings. The predicted molar refractivity (Wildman–Crippen MR) is 136 cm³/mol. The van der Waals surface area contributed by atoms with Crippen molar-refractivity contribution >= 4 is 5.97 Å². The van der Waals surface area contributed by atoms with Crippen LogP contribution in [0.15, 0.2) is 0 Å². The van der Waals surface area contributed by atoms with Crippen LogP contribution in [0.5, 0.6) is 0 Å². The second-order valence-corrected chi connectivity index (χ2v) is 9.05. The maximum absolute atomic E-state index is 12.6. The van der Waals surface area contributed by atoms with E-state index in [-0.39, 0.29) is 13.3 Å². The van der Waals surface area contributed by atoms with E-state index < -0.39 is 0 Å². The Morgan fingerprint density at radius 2 is 1.23 bits per heavy atom. The molecule has 1 N–H and O–H groups in total. The molecule has 1 unspecified atom stereocenters. The van der Waals surface area contributed by atoms with Crippen molar-refractivity contribution in [2.24, 2.45) is 5.92 Å². The van der Waals surface area contributed by atoms with Gasteiger partial charge in [-0.15, -0.1) is 0 Å². The van der Waals surface area contributed by atoms with E-state index in [0.717, 1.165) is 58.4 Å². The summed E-state index contributed by atoms with van der Waals surface area (Å²) >= 11 is 0. The topological polar surface area (TPSA) is 47.6 Å². The Bertz CT molecular complexity index is 369. The smallest absolute Gasteiger partial charge is 0.308 e. The summed E-state index contributed by atoms with van der Waals surface area (Å²) in [5.41, 5.74) is 0. The zero-order valence-corrected chi connectivity index (χ0v) is 21.4. The van der Waals surface area contributed by atoms with Crippen molar-refractivity contribution in [2.45, 2.75) is 130 Å². The fraction of sp³-hybridized carbons (Fsp3) is 0.963. The maximum Gasteiger partial charge on any atom is 0.308 e. The van der Waals surface area contributed by atoms with Crippen LogP contribution in [-0.4, -0.2) is 38.9 Å². The van der Waals surface area contributed by atoms with Gasteiger partial charge in [-0.2, -0.15) is 0 Å². The molecule has 4 heteroatoms. The van der Waals surface area contributed by atoms with Crippen molar-refractivity contribution in [3.8, 4) is 0 Å². The largest absolute Gasteiger partial charge is 0.465 e. The molecule has 0 aromatic rings. The lowest BCUT2D eigenvalue weighted by molar-refractivity contribution is -0.149. The van der Waals surface area contributed by atoms with Gasteiger partial charge in [0.25, 0.3) is 0 Å². The minimum atomic E-state index is 0. The summed E-state index contributed by atoms with van der Waals surface area (Å²) in [4.78, 5) is 12.6. The highest BCUT2D eigenvalue weighted by molar-refractivity contribution is 5.72. The average molecular weight is 444 g/mol. The number of hydrogen-bond donors (Lipinski definition) is 1. The van der Waals surface area contributed by atoms with Crippen molar-refractivity contribution in [3.63, 3.8) is 0 Å². The van der Waals surface area contributed by atoms with E-state index in [4.69, 9.17) is 9.47 Å². The summed E-state index contributed by atoms with van der Waals surface area (Å²) in [7, 11) is 0. The normalized spacial score (nSPS) is 12.2. The van der Waals surface area contributed by atoms with E-state index in [2.05, 4.69) is 26.1 Å². The molecule has 0 amide bonds. The molecule has 0 saturated carbocycles. The Kier molecular flexibility index (Phi) is 25.1. The molecule has 0 aliphatic rings. The van der Waals surface area contributed by atoms with Crippen LogP contribution in [0.1, 0.15) is 131 Å². The van der Waals surface area contributed by atoms with Crippen molar-refractivity contribution in [2.75, 3.05) is 32.9 Å². The molecule has 0 rings (SSSR count). The van der Waals surface area contributed by atoms with Crippen molar-refractivity contribution in [1.29, 1.82) is 0 Å². The van der Waals surface area contributed by atoms with Gasteiger partial charge < -0.3 is 14.8 Å². The zero-order chi connectivity index (χ0) is 22.8. The first-order valence-corrected chi connectivity index (χ1v) is 13.7. The Labute approximate surface area is 196 Å². The standard InChI is InChI=1S/C27H55NO3.H2/c1-4-7-9-11-12-16-20-26(19-15-10-8-5-2)27(29)31-24-18-14-13-17-21-28-22-25-30-23-6-3;/h26,28H,4-25H2,1-3H3;1H. The average Bonchev–Trinajstić information content (AvgIpc) is 2.78. The lowest BCUT2D eigenvalue weighted by Gasteiger charge is -2.16. The Morgan fingerprint density at radius 3 is 1.90 bits per heavy atom. The Morgan fingerprint density at radius 1 is 0.645 bits per heavy atom. The fourth-order valence-corrected chi connectivity index (χ4v) is 3.88. The Hall–Kier alpha value is -0.610. The molecule has 0 bridgehead atoms. The van der Waals surface area contributed by atoms with Crippen molar-refractivity contribution in [1.82, 2.24) is 5.32 Å². The van der Waals surface area contributed by atoms with Crippen LogP contribution >= 0.6 is 0 Å². The van der Waals surface area contributed by atoms with Gasteiger partial charge in [0.2, 0.25) is 0 Å². The summed E-state index contributed by atoms with van der Waals surface area (Å²) in [6.07, 6.45) is 20.3. The number of carbonyl (C=O) groups is 1. The molecule has 0 heterocycles. The second-order valence-electron chi connectivity index (χ2n) is 9.05. The molecule has 0 radical (unpaired) electrons. The van der Waals surface area contributed by atoms with E-state index in [1.807, 2.05) is 0 Å². The molecular formula is C27H57NO3. The SMILES string of the molecule is CCCCCCCCC(CCCCCC)C(=O)OCCCCCCNCCOCCC.[HH]. The third-order valence-electron chi connectivity index (χ3n) is 5.91. The number of rotatable bonds is 25. The molecule has 0 spiro atoms. The van der Waals surface area contributed by atoms with Gasteiger partial charge in [-0.05, 0) is 38.6 Å². The molecule has 0 aromatic heterocycles. The van der Waals surface area contributed by atoms with Crippen LogP contribution in [0, 0.1) is 5.92 Å². The van der Waals surface area contributed by atoms with Crippen molar-refractivity contribution < 1.29 is 15.7 Å². The number of unbranched alkanes of at least 4 members (excludes halogenated alkanes) is 11. The van der Waals surface area contributed by atoms with E-state index in [1.165, 1.54) is 77.0 Å². The lowest BCUT2D eigenvalue weighted by Crippen LogP contribution is -2.21. The molecule has 188 valence electrons. The van der Waals surface area contributed by atoms with Crippen LogP contribution in [-0.2, 0) is 14.3 Å². The van der Waals surface area contributed by atoms with Gasteiger partial charge in [0.15, 0.2) is 0 Å². The molecule has 0 aromatic carbocycles. The van der Waals surface area contributed by atoms with Gasteiger partial charge in [-0.25, -0.2) is 0 Å². The zero-order valence-electron chi connectivity index (χ0n) is 21.4. The summed E-state index contributed by atoms with van der Waals surface area (Å²) in [5.74, 6) is 0.195. The molecular weight excluding hydrogens is 386 g/mol. The summed E-state index contributed by atoms with van der Waals surface area (Å²) in [5, 5.41) is 3.42. The minimum absolute atomic E-state index is 0. The van der Waals surface area contributed by atoms with Crippen LogP contribution < -0.4 is 5.32 Å². The number of hydrogen-bond acceptors (Lipinski definition) is 4. The number of esters is 1. The predicted octanol–water partition coefficient (Wildman–Crippen LogP) is 7.69. The molecule has 31 heavy (non-hydrogen) atoms. The molecule has 0 aliphatic heterocycles. The van der Waals surface area contributed by atoms with Gasteiger partial charge in [0, 0.05) is 14.6 Å². The maximum atomic E-state index is 12.6. The van der Waals surface area contributed by atoms with Gasteiger partial charge in [-0.1, -0.05) is 97.8 Å². The third-order valence-corrected chi connectivity index (χ3v) is 5.91. The summed E-state index contributed by atoms with van der Waals surface area (Å²) in [6.45, 7) is 10.9. The summed E-state index contributed by atoms with van der Waals surface area (Å²) < 4.78 is 11.1. The van der Waals surface area contributed by atoms with E-state index >= 15 is 0 Å². The monoisotopic (exact) mass is 443 g/mol. The van der Waals surface area contributed by atoms with E-state index in [1.54, 1.807) is 0 Å². The highest BCUT2D eigenvalue weighted by Crippen LogP contribution is 2.20. The first-order valence-electron chi connectivity index (χ1n) is 13.7. The van der Waals surface area contributed by atoms with Crippen LogP contribution in [0.3, 0.4) is 0 Å². The second kappa shape index (κ2) is 25.6. The quantitative estimate of drug-likeness (QED) is 0.116. The van der Waals surface area contributed by atoms with Gasteiger partial charge in [-0.3, -0.25) is 4.79 Å². The molecule has 4 nitrogen and oxygen atoms in total. The van der Waals surface area contributed by atoms with Crippen LogP contribution in [0.25, 0.3) is 0 Å². The molecule has 0 saturated heterocycles. The first kappa shape index (κ1) is 30.4. The number of nitrogens with one attached hydrogen (secondary N) is 1. The Balaban J connectivity index is 0. The molecule has 0 aliphatic carbocycles. The van der Waals surface area contributed by atoms with Gasteiger partial charge in [0.05, 0.1) is 19.1 Å². The number of ether oxygens (including phenoxy) is 2. The highest BCUT2D eigenvalue weighted by atomic mass is 16.5. The van der Waals surface area contributed by atoms with Gasteiger partial charge in [0.1, 0.15) is 0 Å². The van der Waals surface area contributed by atoms with E-state index in [0.29, 0.717) is 6.61 Å². The van der Waals surface area contributed by atoms with Crippen molar-refractivity contribution in [3.05, 3.63) is 0 Å². The number of carbonyl (C=O) groups excluding carboxylic acids is 1. The summed E-state index contributed by atoms with van der Waals surface area (Å²) in [6, 6.07) is 0. The lowest BCUT2D eigenvalue weighted by atomic mass is 9.94. The van der Waals surface area contributed by atoms with Gasteiger partial charge >= 0.3 is 5.97 Å². The first-order chi connectivity index (χ1) is 15.3. The van der Waals surface area contributed by atoms with E-state index in [9.17, 15) is 4.79 Å². The fourth-order valence-electron chi connectivity index (χ4n) is 3.88. The molecule has 1 atom stereocenters. The van der Waals surface area contributed by atoms with Crippen LogP contribution in [0.4, 0.5) is 0 Å². The highest BCUT2D eigenvalue weighted by Gasteiger charge is 2.19. The minimum Gasteiger partial charge on any atom is -0.465 e.